The number of phenols is 1. The molecule has 3 aromatic rings. The van der Waals surface area contributed by atoms with Gasteiger partial charge in [-0.1, -0.05) is 50.2 Å². The van der Waals surface area contributed by atoms with Gasteiger partial charge in [0.1, 0.15) is 5.75 Å². The van der Waals surface area contributed by atoms with Gasteiger partial charge < -0.3 is 5.11 Å². The standard InChI is InChI=1S/C15H11NO.C2H6/c17-15-8-4-2-6-12(15)14-10-9-11-5-1-3-7-13(11)16-14;1-2/h1-10,17H;1-2H3. The summed E-state index contributed by atoms with van der Waals surface area (Å²) in [7, 11) is 0. The second-order valence-electron chi connectivity index (χ2n) is 3.91. The zero-order valence-corrected chi connectivity index (χ0v) is 11.2. The molecular formula is C17H17NO. The summed E-state index contributed by atoms with van der Waals surface area (Å²) in [5.74, 6) is 0.260. The van der Waals surface area contributed by atoms with Crippen LogP contribution in [0.25, 0.3) is 22.2 Å². The summed E-state index contributed by atoms with van der Waals surface area (Å²) in [6.45, 7) is 4.00. The molecule has 0 amide bonds. The lowest BCUT2D eigenvalue weighted by Crippen LogP contribution is -1.85. The molecular weight excluding hydrogens is 234 g/mol. The van der Waals surface area contributed by atoms with Crippen LogP contribution in [0, 0.1) is 0 Å². The number of phenolic OH excluding ortho intramolecular Hbond substituents is 1. The average molecular weight is 251 g/mol. The van der Waals surface area contributed by atoms with Gasteiger partial charge >= 0.3 is 0 Å². The molecule has 1 N–H and O–H groups in total. The Morgan fingerprint density at radius 3 is 2.26 bits per heavy atom. The maximum absolute atomic E-state index is 9.80. The van der Waals surface area contributed by atoms with Crippen molar-refractivity contribution in [2.45, 2.75) is 13.8 Å². The topological polar surface area (TPSA) is 33.1 Å². The van der Waals surface area contributed by atoms with Crippen molar-refractivity contribution >= 4 is 10.9 Å². The highest BCUT2D eigenvalue weighted by Crippen LogP contribution is 2.28. The zero-order valence-electron chi connectivity index (χ0n) is 11.2. The third kappa shape index (κ3) is 2.74. The molecule has 2 heteroatoms. The second-order valence-corrected chi connectivity index (χ2v) is 3.91. The normalized spacial score (nSPS) is 9.79. The van der Waals surface area contributed by atoms with Crippen LogP contribution in [0.3, 0.4) is 0 Å². The molecule has 0 spiro atoms. The van der Waals surface area contributed by atoms with E-state index in [1.165, 1.54) is 0 Å². The molecule has 1 heterocycles. The van der Waals surface area contributed by atoms with Gasteiger partial charge in [0, 0.05) is 10.9 Å². The van der Waals surface area contributed by atoms with Crippen LogP contribution in [0.4, 0.5) is 0 Å². The van der Waals surface area contributed by atoms with E-state index in [0.29, 0.717) is 0 Å². The molecule has 0 saturated heterocycles. The summed E-state index contributed by atoms with van der Waals surface area (Å²) in [5.41, 5.74) is 2.49. The second kappa shape index (κ2) is 6.01. The van der Waals surface area contributed by atoms with E-state index in [9.17, 15) is 5.11 Å². The van der Waals surface area contributed by atoms with E-state index in [4.69, 9.17) is 0 Å². The molecule has 3 rings (SSSR count). The summed E-state index contributed by atoms with van der Waals surface area (Å²) in [5, 5.41) is 10.9. The summed E-state index contributed by atoms with van der Waals surface area (Å²) in [6.07, 6.45) is 0. The molecule has 19 heavy (non-hydrogen) atoms. The van der Waals surface area contributed by atoms with E-state index in [-0.39, 0.29) is 5.75 Å². The molecule has 0 aliphatic carbocycles. The van der Waals surface area contributed by atoms with Crippen LogP contribution >= 0.6 is 0 Å². The minimum atomic E-state index is 0.260. The number of fused-ring (bicyclic) bond motifs is 1. The van der Waals surface area contributed by atoms with Gasteiger partial charge in [0.15, 0.2) is 0 Å². The number of aromatic nitrogens is 1. The predicted octanol–water partition coefficient (Wildman–Crippen LogP) is 4.63. The van der Waals surface area contributed by atoms with Crippen molar-refractivity contribution in [1.82, 2.24) is 4.98 Å². The Bertz CT molecular complexity index is 677. The first-order chi connectivity index (χ1) is 9.34. The molecule has 0 atom stereocenters. The molecule has 96 valence electrons. The van der Waals surface area contributed by atoms with E-state index in [2.05, 4.69) is 4.98 Å². The fourth-order valence-corrected chi connectivity index (χ4v) is 1.91. The molecule has 0 aliphatic rings. The highest BCUT2D eigenvalue weighted by atomic mass is 16.3. The van der Waals surface area contributed by atoms with Crippen molar-refractivity contribution in [2.24, 2.45) is 0 Å². The van der Waals surface area contributed by atoms with Gasteiger partial charge in [-0.3, -0.25) is 0 Å². The summed E-state index contributed by atoms with van der Waals surface area (Å²) in [6, 6.07) is 19.1. The maximum Gasteiger partial charge on any atom is 0.124 e. The fourth-order valence-electron chi connectivity index (χ4n) is 1.91. The number of nitrogens with zero attached hydrogens (tertiary/aromatic N) is 1. The zero-order chi connectivity index (χ0) is 13.7. The van der Waals surface area contributed by atoms with Crippen molar-refractivity contribution in [1.29, 1.82) is 0 Å². The Morgan fingerprint density at radius 2 is 1.47 bits per heavy atom. The van der Waals surface area contributed by atoms with Gasteiger partial charge in [-0.25, -0.2) is 4.98 Å². The van der Waals surface area contributed by atoms with Gasteiger partial charge in [-0.2, -0.15) is 0 Å². The molecule has 2 nitrogen and oxygen atoms in total. The van der Waals surface area contributed by atoms with Crippen molar-refractivity contribution < 1.29 is 5.11 Å². The molecule has 0 radical (unpaired) electrons. The lowest BCUT2D eigenvalue weighted by atomic mass is 10.1. The van der Waals surface area contributed by atoms with Gasteiger partial charge in [-0.05, 0) is 24.3 Å². The van der Waals surface area contributed by atoms with Crippen LogP contribution < -0.4 is 0 Å². The SMILES string of the molecule is CC.Oc1ccccc1-c1ccc2ccccc2n1. The minimum Gasteiger partial charge on any atom is -0.507 e. The first kappa shape index (κ1) is 13.1. The molecule has 0 aliphatic heterocycles. The van der Waals surface area contributed by atoms with Crippen molar-refractivity contribution in [3.05, 3.63) is 60.7 Å². The van der Waals surface area contributed by atoms with Crippen LogP contribution in [0.15, 0.2) is 60.7 Å². The minimum absolute atomic E-state index is 0.260. The Labute approximate surface area is 113 Å². The van der Waals surface area contributed by atoms with Gasteiger partial charge in [-0.15, -0.1) is 0 Å². The number of benzene rings is 2. The Morgan fingerprint density at radius 1 is 0.789 bits per heavy atom. The number of para-hydroxylation sites is 2. The smallest absolute Gasteiger partial charge is 0.124 e. The highest BCUT2D eigenvalue weighted by Gasteiger charge is 2.04. The van der Waals surface area contributed by atoms with Crippen LogP contribution in [0.5, 0.6) is 5.75 Å². The largest absolute Gasteiger partial charge is 0.507 e. The fraction of sp³-hybridized carbons (Fsp3) is 0.118. The van der Waals surface area contributed by atoms with Gasteiger partial charge in [0.05, 0.1) is 11.2 Å². The van der Waals surface area contributed by atoms with Crippen LogP contribution in [-0.2, 0) is 0 Å². The quantitative estimate of drug-likeness (QED) is 0.683. The summed E-state index contributed by atoms with van der Waals surface area (Å²) >= 11 is 0. The molecule has 2 aromatic carbocycles. The van der Waals surface area contributed by atoms with Crippen molar-refractivity contribution in [3.63, 3.8) is 0 Å². The molecule has 1 aromatic heterocycles. The third-order valence-electron chi connectivity index (χ3n) is 2.78. The Kier molecular flexibility index (Phi) is 4.14. The van der Waals surface area contributed by atoms with E-state index < -0.39 is 0 Å². The first-order valence-corrected chi connectivity index (χ1v) is 6.49. The van der Waals surface area contributed by atoms with Crippen LogP contribution in [0.2, 0.25) is 0 Å². The highest BCUT2D eigenvalue weighted by molar-refractivity contribution is 5.82. The van der Waals surface area contributed by atoms with E-state index in [0.717, 1.165) is 22.2 Å². The number of rotatable bonds is 1. The van der Waals surface area contributed by atoms with E-state index >= 15 is 0 Å². The van der Waals surface area contributed by atoms with Crippen molar-refractivity contribution in [2.75, 3.05) is 0 Å². The van der Waals surface area contributed by atoms with Crippen LogP contribution in [0.1, 0.15) is 13.8 Å². The Balaban J connectivity index is 0.000000637. The number of pyridine rings is 1. The Hall–Kier alpha value is -2.35. The van der Waals surface area contributed by atoms with Crippen LogP contribution in [-0.4, -0.2) is 10.1 Å². The molecule has 0 unspecified atom stereocenters. The summed E-state index contributed by atoms with van der Waals surface area (Å²) < 4.78 is 0. The lowest BCUT2D eigenvalue weighted by Gasteiger charge is -2.04. The van der Waals surface area contributed by atoms with Gasteiger partial charge in [0.2, 0.25) is 0 Å². The number of hydrogen-bond donors (Lipinski definition) is 1. The first-order valence-electron chi connectivity index (χ1n) is 6.49. The monoisotopic (exact) mass is 251 g/mol. The number of hydrogen-bond acceptors (Lipinski definition) is 2. The summed E-state index contributed by atoms with van der Waals surface area (Å²) in [4.78, 5) is 4.55. The number of aromatic hydroxyl groups is 1. The molecule has 0 saturated carbocycles. The predicted molar refractivity (Wildman–Crippen MR) is 80.2 cm³/mol. The molecule has 0 fully saturated rings. The third-order valence-corrected chi connectivity index (χ3v) is 2.78. The van der Waals surface area contributed by atoms with Crippen molar-refractivity contribution in [3.8, 4) is 17.0 Å². The van der Waals surface area contributed by atoms with E-state index in [1.807, 2.05) is 62.4 Å². The average Bonchev–Trinajstić information content (AvgIpc) is 2.49. The maximum atomic E-state index is 9.80. The lowest BCUT2D eigenvalue weighted by molar-refractivity contribution is 0.477. The van der Waals surface area contributed by atoms with E-state index in [1.54, 1.807) is 12.1 Å². The van der Waals surface area contributed by atoms with Gasteiger partial charge in [0.25, 0.3) is 0 Å². The molecule has 0 bridgehead atoms.